The molecule has 0 saturated carbocycles. The molecule has 0 saturated heterocycles. The van der Waals surface area contributed by atoms with Gasteiger partial charge in [-0.1, -0.05) is 24.3 Å². The van der Waals surface area contributed by atoms with Crippen molar-refractivity contribution >= 4 is 34.2 Å². The summed E-state index contributed by atoms with van der Waals surface area (Å²) in [6.07, 6.45) is 0.694. The molecule has 0 radical (unpaired) electrons. The molecule has 1 aromatic heterocycles. The van der Waals surface area contributed by atoms with E-state index < -0.39 is 5.82 Å². The van der Waals surface area contributed by atoms with Crippen molar-refractivity contribution in [2.24, 2.45) is 0 Å². The molecule has 1 heterocycles. The Balaban J connectivity index is 1.44. The van der Waals surface area contributed by atoms with Gasteiger partial charge < -0.3 is 16.0 Å². The van der Waals surface area contributed by atoms with Crippen LogP contribution in [0.15, 0.2) is 53.9 Å². The van der Waals surface area contributed by atoms with Gasteiger partial charge in [0.1, 0.15) is 5.82 Å². The van der Waals surface area contributed by atoms with E-state index in [-0.39, 0.29) is 30.2 Å². The van der Waals surface area contributed by atoms with Gasteiger partial charge in [-0.25, -0.2) is 9.37 Å². The molecule has 3 amide bonds. The highest BCUT2D eigenvalue weighted by molar-refractivity contribution is 7.14. The Morgan fingerprint density at radius 3 is 2.42 bits per heavy atom. The van der Waals surface area contributed by atoms with Crippen LogP contribution in [0.1, 0.15) is 48.7 Å². The first-order valence-corrected chi connectivity index (χ1v) is 11.4. The number of nitrogens with one attached hydrogen (secondary N) is 3. The zero-order valence-corrected chi connectivity index (χ0v) is 19.2. The van der Waals surface area contributed by atoms with Gasteiger partial charge >= 0.3 is 0 Å². The number of aromatic nitrogens is 1. The van der Waals surface area contributed by atoms with Gasteiger partial charge in [0.05, 0.1) is 11.7 Å². The third-order valence-corrected chi connectivity index (χ3v) is 5.61. The average Bonchev–Trinajstić information content (AvgIpc) is 3.25. The summed E-state index contributed by atoms with van der Waals surface area (Å²) in [6.45, 7) is 3.73. The maximum absolute atomic E-state index is 12.9. The Morgan fingerprint density at radius 2 is 1.76 bits per heavy atom. The van der Waals surface area contributed by atoms with E-state index in [1.165, 1.54) is 42.5 Å². The number of anilines is 1. The van der Waals surface area contributed by atoms with E-state index in [0.29, 0.717) is 23.7 Å². The number of hydrogen-bond acceptors (Lipinski definition) is 5. The molecule has 0 spiro atoms. The van der Waals surface area contributed by atoms with Gasteiger partial charge in [0.25, 0.3) is 5.91 Å². The second-order valence-corrected chi connectivity index (χ2v) is 8.35. The van der Waals surface area contributed by atoms with Gasteiger partial charge in [-0.2, -0.15) is 0 Å². The van der Waals surface area contributed by atoms with Crippen molar-refractivity contribution in [1.29, 1.82) is 0 Å². The zero-order chi connectivity index (χ0) is 23.8. The lowest BCUT2D eigenvalue weighted by atomic mass is 10.1. The van der Waals surface area contributed by atoms with E-state index in [4.69, 9.17) is 0 Å². The highest BCUT2D eigenvalue weighted by atomic mass is 32.1. The maximum Gasteiger partial charge on any atom is 0.251 e. The molecule has 0 aliphatic rings. The summed E-state index contributed by atoms with van der Waals surface area (Å²) < 4.78 is 12.9. The van der Waals surface area contributed by atoms with Crippen molar-refractivity contribution in [2.45, 2.75) is 32.7 Å². The van der Waals surface area contributed by atoms with E-state index in [2.05, 4.69) is 20.9 Å². The van der Waals surface area contributed by atoms with Gasteiger partial charge in [0.15, 0.2) is 5.13 Å². The molecule has 0 fully saturated rings. The molecule has 1 atom stereocenters. The van der Waals surface area contributed by atoms with Crippen molar-refractivity contribution in [3.05, 3.63) is 70.9 Å². The van der Waals surface area contributed by atoms with Crippen LogP contribution in [0.5, 0.6) is 0 Å². The van der Waals surface area contributed by atoms with Crippen molar-refractivity contribution in [3.63, 3.8) is 0 Å². The summed E-state index contributed by atoms with van der Waals surface area (Å²) in [5.41, 5.74) is 3.02. The van der Waals surface area contributed by atoms with E-state index in [1.54, 1.807) is 0 Å². The Hall–Kier alpha value is -3.59. The van der Waals surface area contributed by atoms with Crippen molar-refractivity contribution in [2.75, 3.05) is 11.9 Å². The monoisotopic (exact) mass is 468 g/mol. The fraction of sp³-hybridized carbons (Fsp3) is 0.250. The second kappa shape index (κ2) is 11.3. The maximum atomic E-state index is 12.9. The predicted octanol–water partition coefficient (Wildman–Crippen LogP) is 4.30. The Bertz CT molecular complexity index is 1110. The molecule has 172 valence electrons. The van der Waals surface area contributed by atoms with Crippen LogP contribution in [0.4, 0.5) is 9.52 Å². The first-order chi connectivity index (χ1) is 15.8. The summed E-state index contributed by atoms with van der Waals surface area (Å²) in [5, 5.41) is 10.7. The SMILES string of the molecule is CC(=O)NC(C)c1ccc(-c2csc(NC(=O)CCCNC(=O)c3ccc(F)cc3)n2)cc1. The number of carbonyl (C=O) groups is 3. The summed E-state index contributed by atoms with van der Waals surface area (Å²) in [6, 6.07) is 12.9. The molecular formula is C24H25FN4O3S. The number of carbonyl (C=O) groups excluding carboxylic acids is 3. The Morgan fingerprint density at radius 1 is 1.06 bits per heavy atom. The van der Waals surface area contributed by atoms with Gasteiger partial charge in [-0.05, 0) is 43.2 Å². The first kappa shape index (κ1) is 24.1. The normalized spacial score (nSPS) is 11.5. The van der Waals surface area contributed by atoms with Crippen LogP contribution in [0.3, 0.4) is 0 Å². The van der Waals surface area contributed by atoms with Crippen molar-refractivity contribution < 1.29 is 18.8 Å². The smallest absolute Gasteiger partial charge is 0.251 e. The van der Waals surface area contributed by atoms with Gasteiger partial charge in [0, 0.05) is 36.4 Å². The highest BCUT2D eigenvalue weighted by Gasteiger charge is 2.11. The van der Waals surface area contributed by atoms with E-state index in [9.17, 15) is 18.8 Å². The van der Waals surface area contributed by atoms with Crippen LogP contribution < -0.4 is 16.0 Å². The third kappa shape index (κ3) is 7.21. The van der Waals surface area contributed by atoms with Gasteiger partial charge in [0.2, 0.25) is 11.8 Å². The molecule has 3 aromatic rings. The fourth-order valence-electron chi connectivity index (χ4n) is 3.13. The minimum absolute atomic E-state index is 0.0812. The van der Waals surface area contributed by atoms with Crippen LogP contribution in [-0.4, -0.2) is 29.3 Å². The summed E-state index contributed by atoms with van der Waals surface area (Å²) in [4.78, 5) is 39.8. The minimum Gasteiger partial charge on any atom is -0.352 e. The van der Waals surface area contributed by atoms with Crippen LogP contribution >= 0.6 is 11.3 Å². The molecule has 0 bridgehead atoms. The van der Waals surface area contributed by atoms with E-state index in [1.807, 2.05) is 36.6 Å². The molecule has 2 aromatic carbocycles. The first-order valence-electron chi connectivity index (χ1n) is 10.5. The topological polar surface area (TPSA) is 100 Å². The van der Waals surface area contributed by atoms with Crippen molar-refractivity contribution in [3.8, 4) is 11.3 Å². The van der Waals surface area contributed by atoms with E-state index >= 15 is 0 Å². The highest BCUT2D eigenvalue weighted by Crippen LogP contribution is 2.26. The number of rotatable bonds is 9. The summed E-state index contributed by atoms with van der Waals surface area (Å²) in [5.74, 6) is -0.979. The number of halogens is 1. The number of thiazole rings is 1. The average molecular weight is 469 g/mol. The number of hydrogen-bond donors (Lipinski definition) is 3. The Kier molecular flexibility index (Phi) is 8.26. The lowest BCUT2D eigenvalue weighted by molar-refractivity contribution is -0.119. The number of nitrogens with zero attached hydrogens (tertiary/aromatic N) is 1. The molecular weight excluding hydrogens is 443 g/mol. The summed E-state index contributed by atoms with van der Waals surface area (Å²) >= 11 is 1.33. The van der Waals surface area contributed by atoms with Crippen LogP contribution in [-0.2, 0) is 9.59 Å². The fourth-order valence-corrected chi connectivity index (χ4v) is 3.87. The van der Waals surface area contributed by atoms with Crippen molar-refractivity contribution in [1.82, 2.24) is 15.6 Å². The lowest BCUT2D eigenvalue weighted by Gasteiger charge is -2.13. The second-order valence-electron chi connectivity index (χ2n) is 7.50. The third-order valence-electron chi connectivity index (χ3n) is 4.85. The molecule has 9 heteroatoms. The zero-order valence-electron chi connectivity index (χ0n) is 18.4. The molecule has 0 aliphatic heterocycles. The number of amides is 3. The van der Waals surface area contributed by atoms with Gasteiger partial charge in [-0.15, -0.1) is 11.3 Å². The standard InChI is InChI=1S/C24H25FN4O3S/c1-15(27-16(2)30)17-5-7-18(8-6-17)21-14-33-24(28-21)29-22(31)4-3-13-26-23(32)19-9-11-20(25)12-10-19/h5-12,14-15H,3-4,13H2,1-2H3,(H,26,32)(H,27,30)(H,28,29,31). The minimum atomic E-state index is -0.401. The summed E-state index contributed by atoms with van der Waals surface area (Å²) in [7, 11) is 0. The van der Waals surface area contributed by atoms with Crippen LogP contribution in [0, 0.1) is 5.82 Å². The van der Waals surface area contributed by atoms with Crippen LogP contribution in [0.2, 0.25) is 0 Å². The quantitative estimate of drug-likeness (QED) is 0.408. The molecule has 3 N–H and O–H groups in total. The molecule has 33 heavy (non-hydrogen) atoms. The molecule has 7 nitrogen and oxygen atoms in total. The Labute approximate surface area is 195 Å². The number of benzene rings is 2. The molecule has 3 rings (SSSR count). The van der Waals surface area contributed by atoms with E-state index in [0.717, 1.165) is 16.8 Å². The lowest BCUT2D eigenvalue weighted by Crippen LogP contribution is -2.25. The molecule has 1 unspecified atom stereocenters. The molecule has 0 aliphatic carbocycles. The van der Waals surface area contributed by atoms with Gasteiger partial charge in [-0.3, -0.25) is 14.4 Å². The van der Waals surface area contributed by atoms with Crippen LogP contribution in [0.25, 0.3) is 11.3 Å². The largest absolute Gasteiger partial charge is 0.352 e. The predicted molar refractivity (Wildman–Crippen MR) is 126 cm³/mol.